The van der Waals surface area contributed by atoms with E-state index >= 15 is 0 Å². The predicted molar refractivity (Wildman–Crippen MR) is 80.1 cm³/mol. The molecule has 1 heteroatoms. The molecule has 2 atom stereocenters. The highest BCUT2D eigenvalue weighted by Gasteiger charge is 2.23. The van der Waals surface area contributed by atoms with Crippen LogP contribution in [0.4, 0.5) is 5.69 Å². The lowest BCUT2D eigenvalue weighted by Crippen LogP contribution is -2.33. The van der Waals surface area contributed by atoms with E-state index < -0.39 is 0 Å². The van der Waals surface area contributed by atoms with Crippen molar-refractivity contribution in [2.24, 2.45) is 5.92 Å². The van der Waals surface area contributed by atoms with E-state index in [0.29, 0.717) is 6.04 Å². The first-order valence-corrected chi connectivity index (χ1v) is 7.65. The highest BCUT2D eigenvalue weighted by atomic mass is 14.9. The lowest BCUT2D eigenvalue weighted by atomic mass is 9.86. The van der Waals surface area contributed by atoms with E-state index in [2.05, 4.69) is 43.4 Å². The van der Waals surface area contributed by atoms with Gasteiger partial charge in [0.25, 0.3) is 0 Å². The monoisotopic (exact) mass is 245 g/mol. The summed E-state index contributed by atoms with van der Waals surface area (Å²) in [7, 11) is 0. The summed E-state index contributed by atoms with van der Waals surface area (Å²) in [5, 5.41) is 3.74. The molecule has 1 aromatic carbocycles. The van der Waals surface area contributed by atoms with Crippen LogP contribution in [-0.2, 0) is 6.42 Å². The minimum Gasteiger partial charge on any atom is -0.382 e. The number of hydrogen-bond acceptors (Lipinski definition) is 1. The molecule has 0 saturated heterocycles. The van der Waals surface area contributed by atoms with Crippen LogP contribution in [0.25, 0.3) is 0 Å². The van der Waals surface area contributed by atoms with Crippen LogP contribution in [0.2, 0.25) is 0 Å². The summed E-state index contributed by atoms with van der Waals surface area (Å²) in [4.78, 5) is 0. The van der Waals surface area contributed by atoms with Gasteiger partial charge in [-0.15, -0.1) is 0 Å². The van der Waals surface area contributed by atoms with Gasteiger partial charge in [0.2, 0.25) is 0 Å². The van der Waals surface area contributed by atoms with Crippen molar-refractivity contribution >= 4 is 5.69 Å². The fourth-order valence-corrected chi connectivity index (χ4v) is 2.99. The molecule has 1 nitrogen and oxygen atoms in total. The zero-order valence-corrected chi connectivity index (χ0v) is 11.9. The molecule has 0 saturated carbocycles. The number of hydrogen-bond donors (Lipinski definition) is 1. The molecule has 1 heterocycles. The quantitative estimate of drug-likeness (QED) is 0.694. The Kier molecular flexibility index (Phi) is 5.10. The van der Waals surface area contributed by atoms with Gasteiger partial charge in [0.1, 0.15) is 0 Å². The van der Waals surface area contributed by atoms with E-state index in [1.807, 2.05) is 0 Å². The molecule has 18 heavy (non-hydrogen) atoms. The molecule has 100 valence electrons. The van der Waals surface area contributed by atoms with Crippen LogP contribution in [0.3, 0.4) is 0 Å². The third-order valence-electron chi connectivity index (χ3n) is 4.21. The molecular formula is C17H27N. The number of para-hydroxylation sites is 1. The Morgan fingerprint density at radius 2 is 1.89 bits per heavy atom. The molecule has 1 aromatic rings. The number of unbranched alkanes of at least 4 members (excludes halogenated alkanes) is 4. The summed E-state index contributed by atoms with van der Waals surface area (Å²) in [6, 6.07) is 9.46. The second kappa shape index (κ2) is 6.82. The predicted octanol–water partition coefficient (Wildman–Crippen LogP) is 5.02. The largest absolute Gasteiger partial charge is 0.382 e. The van der Waals surface area contributed by atoms with Crippen molar-refractivity contribution in [3.63, 3.8) is 0 Å². The Morgan fingerprint density at radius 3 is 2.72 bits per heavy atom. The molecule has 0 spiro atoms. The maximum Gasteiger partial charge on any atom is 0.0375 e. The standard InChI is InChI=1S/C17H27N/c1-3-4-5-6-7-11-16-14(2)13-15-10-8-9-12-17(15)18-16/h8-10,12,14,16,18H,3-7,11,13H2,1-2H3. The van der Waals surface area contributed by atoms with Crippen LogP contribution in [-0.4, -0.2) is 6.04 Å². The summed E-state index contributed by atoms with van der Waals surface area (Å²) < 4.78 is 0. The van der Waals surface area contributed by atoms with Crippen molar-refractivity contribution in [2.45, 2.75) is 64.8 Å². The average molecular weight is 245 g/mol. The van der Waals surface area contributed by atoms with E-state index in [9.17, 15) is 0 Å². The maximum atomic E-state index is 3.74. The van der Waals surface area contributed by atoms with Crippen LogP contribution in [0.5, 0.6) is 0 Å². The molecule has 2 unspecified atom stereocenters. The fourth-order valence-electron chi connectivity index (χ4n) is 2.99. The zero-order chi connectivity index (χ0) is 12.8. The van der Waals surface area contributed by atoms with Gasteiger partial charge < -0.3 is 5.32 Å². The van der Waals surface area contributed by atoms with Gasteiger partial charge >= 0.3 is 0 Å². The van der Waals surface area contributed by atoms with Crippen molar-refractivity contribution in [1.29, 1.82) is 0 Å². The molecule has 2 rings (SSSR count). The van der Waals surface area contributed by atoms with Gasteiger partial charge in [0.15, 0.2) is 0 Å². The SMILES string of the molecule is CCCCCCCC1Nc2ccccc2CC1C. The average Bonchev–Trinajstić information content (AvgIpc) is 2.39. The van der Waals surface area contributed by atoms with E-state index in [0.717, 1.165) is 5.92 Å². The number of anilines is 1. The van der Waals surface area contributed by atoms with E-state index in [1.54, 1.807) is 0 Å². The molecule has 1 N–H and O–H groups in total. The minimum atomic E-state index is 0.682. The van der Waals surface area contributed by atoms with Gasteiger partial charge in [-0.3, -0.25) is 0 Å². The zero-order valence-electron chi connectivity index (χ0n) is 11.9. The van der Waals surface area contributed by atoms with Crippen molar-refractivity contribution < 1.29 is 0 Å². The van der Waals surface area contributed by atoms with Crippen LogP contribution in [0, 0.1) is 5.92 Å². The first kappa shape index (κ1) is 13.5. The van der Waals surface area contributed by atoms with E-state index in [-0.39, 0.29) is 0 Å². The molecule has 0 aliphatic carbocycles. The maximum absolute atomic E-state index is 3.74. The highest BCUT2D eigenvalue weighted by molar-refractivity contribution is 5.54. The second-order valence-electron chi connectivity index (χ2n) is 5.79. The van der Waals surface area contributed by atoms with Crippen LogP contribution >= 0.6 is 0 Å². The van der Waals surface area contributed by atoms with Crippen molar-refractivity contribution in [2.75, 3.05) is 5.32 Å². The molecule has 0 aromatic heterocycles. The lowest BCUT2D eigenvalue weighted by Gasteiger charge is -2.32. The Labute approximate surface area is 112 Å². The first-order valence-electron chi connectivity index (χ1n) is 7.65. The van der Waals surface area contributed by atoms with Crippen LogP contribution < -0.4 is 5.32 Å². The Hall–Kier alpha value is -0.980. The first-order chi connectivity index (χ1) is 8.81. The normalized spacial score (nSPS) is 22.3. The molecule has 0 bridgehead atoms. The second-order valence-corrected chi connectivity index (χ2v) is 5.79. The third kappa shape index (κ3) is 3.51. The summed E-state index contributed by atoms with van der Waals surface area (Å²) >= 11 is 0. The van der Waals surface area contributed by atoms with Gasteiger partial charge in [-0.05, 0) is 30.4 Å². The van der Waals surface area contributed by atoms with Gasteiger partial charge in [0.05, 0.1) is 0 Å². The third-order valence-corrected chi connectivity index (χ3v) is 4.21. The molecule has 1 aliphatic heterocycles. The van der Waals surface area contributed by atoms with Crippen LogP contribution in [0.15, 0.2) is 24.3 Å². The highest BCUT2D eigenvalue weighted by Crippen LogP contribution is 2.30. The van der Waals surface area contributed by atoms with Gasteiger partial charge in [-0.25, -0.2) is 0 Å². The molecule has 0 amide bonds. The fraction of sp³-hybridized carbons (Fsp3) is 0.647. The smallest absolute Gasteiger partial charge is 0.0375 e. The van der Waals surface area contributed by atoms with Gasteiger partial charge in [-0.2, -0.15) is 0 Å². The summed E-state index contributed by atoms with van der Waals surface area (Å²) in [6.45, 7) is 4.67. The Balaban J connectivity index is 1.80. The van der Waals surface area contributed by atoms with Crippen molar-refractivity contribution in [1.82, 2.24) is 0 Å². The van der Waals surface area contributed by atoms with Gasteiger partial charge in [-0.1, -0.05) is 64.2 Å². The molecule has 1 aliphatic rings. The summed E-state index contributed by atoms with van der Waals surface area (Å²) in [5.41, 5.74) is 2.86. The lowest BCUT2D eigenvalue weighted by molar-refractivity contribution is 0.423. The minimum absolute atomic E-state index is 0.682. The topological polar surface area (TPSA) is 12.0 Å². The summed E-state index contributed by atoms with van der Waals surface area (Å²) in [5.74, 6) is 0.770. The van der Waals surface area contributed by atoms with E-state index in [4.69, 9.17) is 0 Å². The molecular weight excluding hydrogens is 218 g/mol. The summed E-state index contributed by atoms with van der Waals surface area (Å²) in [6.07, 6.45) is 9.50. The van der Waals surface area contributed by atoms with Gasteiger partial charge in [0, 0.05) is 11.7 Å². The van der Waals surface area contributed by atoms with Crippen LogP contribution in [0.1, 0.15) is 57.9 Å². The number of fused-ring (bicyclic) bond motifs is 1. The number of rotatable bonds is 6. The Bertz CT molecular complexity index is 358. The molecule has 0 fully saturated rings. The van der Waals surface area contributed by atoms with Crippen molar-refractivity contribution in [3.05, 3.63) is 29.8 Å². The number of benzene rings is 1. The molecule has 0 radical (unpaired) electrons. The van der Waals surface area contributed by atoms with Crippen molar-refractivity contribution in [3.8, 4) is 0 Å². The van der Waals surface area contributed by atoms with E-state index in [1.165, 1.54) is 56.2 Å². The Morgan fingerprint density at radius 1 is 1.11 bits per heavy atom. The number of nitrogens with one attached hydrogen (secondary N) is 1.